The molecule has 3 aromatic carbocycles. The lowest BCUT2D eigenvalue weighted by Crippen LogP contribution is -2.06. The van der Waals surface area contributed by atoms with Gasteiger partial charge in [0.05, 0.1) is 13.9 Å². The third-order valence-corrected chi connectivity index (χ3v) is 6.05. The van der Waals surface area contributed by atoms with Crippen molar-refractivity contribution < 1.29 is 23.6 Å². The Kier molecular flexibility index (Phi) is 6.90. The van der Waals surface area contributed by atoms with Crippen molar-refractivity contribution in [3.8, 4) is 5.75 Å². The van der Waals surface area contributed by atoms with Gasteiger partial charge >= 0.3 is 5.97 Å². The molecule has 0 N–H and O–H groups in total. The first-order valence-electron chi connectivity index (χ1n) is 9.85. The zero-order chi connectivity index (χ0) is 24.4. The van der Waals surface area contributed by atoms with Gasteiger partial charge in [-0.15, -0.1) is 0 Å². The average molecular weight is 590 g/mol. The number of hydrogen-bond acceptors (Lipinski definition) is 6. The molecule has 1 heterocycles. The van der Waals surface area contributed by atoms with Crippen molar-refractivity contribution in [3.63, 3.8) is 0 Å². The number of esters is 1. The number of nitro benzene ring substituents is 1. The monoisotopic (exact) mass is 588 g/mol. The lowest BCUT2D eigenvalue weighted by molar-refractivity contribution is -0.385. The fourth-order valence-corrected chi connectivity index (χ4v) is 4.66. The van der Waals surface area contributed by atoms with Crippen LogP contribution in [0, 0.1) is 22.9 Å². The van der Waals surface area contributed by atoms with Crippen LogP contribution in [0.1, 0.15) is 22.3 Å². The maximum Gasteiger partial charge on any atom is 0.363 e. The number of carbonyl (C=O) groups excluding carboxylic acids is 1. The van der Waals surface area contributed by atoms with Gasteiger partial charge in [-0.2, -0.15) is 0 Å². The summed E-state index contributed by atoms with van der Waals surface area (Å²) in [6.45, 7) is 1.79. The summed E-state index contributed by atoms with van der Waals surface area (Å²) >= 11 is 6.91. The molecule has 0 bridgehead atoms. The van der Waals surface area contributed by atoms with E-state index in [0.717, 1.165) is 0 Å². The number of cyclic esters (lactones) is 1. The lowest BCUT2D eigenvalue weighted by atomic mass is 10.1. The van der Waals surface area contributed by atoms with Gasteiger partial charge in [-0.3, -0.25) is 10.1 Å². The zero-order valence-corrected chi connectivity index (χ0v) is 20.7. The molecule has 0 saturated carbocycles. The highest BCUT2D eigenvalue weighted by molar-refractivity contribution is 9.11. The number of benzene rings is 3. The van der Waals surface area contributed by atoms with E-state index in [1.807, 2.05) is 0 Å². The van der Waals surface area contributed by atoms with Crippen LogP contribution in [-0.4, -0.2) is 16.8 Å². The van der Waals surface area contributed by atoms with Crippen molar-refractivity contribution in [3.05, 3.63) is 107 Å². The normalized spacial score (nSPS) is 14.2. The summed E-state index contributed by atoms with van der Waals surface area (Å²) in [7, 11) is 0. The van der Waals surface area contributed by atoms with Crippen LogP contribution in [-0.2, 0) is 16.1 Å². The summed E-state index contributed by atoms with van der Waals surface area (Å²) in [6.07, 6.45) is 1.53. The predicted molar refractivity (Wildman–Crippen MR) is 131 cm³/mol. The number of hydrogen-bond donors (Lipinski definition) is 0. The van der Waals surface area contributed by atoms with Gasteiger partial charge in [0.15, 0.2) is 5.70 Å². The van der Waals surface area contributed by atoms with Crippen LogP contribution in [0.3, 0.4) is 0 Å². The predicted octanol–water partition coefficient (Wildman–Crippen LogP) is 6.49. The standard InChI is InChI=1S/C24H15Br2FN2O5/c1-13-5-6-16(11-21(13)29(31)32)23-28-20(24(30)34-23)10-15-8-18(25)22(19(26)9-15)33-12-14-3-2-4-17(27)7-14/h2-11H,12H2,1H3/b20-10-. The van der Waals surface area contributed by atoms with Gasteiger partial charge < -0.3 is 9.47 Å². The molecular formula is C24H15Br2FN2O5. The molecule has 0 atom stereocenters. The van der Waals surface area contributed by atoms with Gasteiger partial charge in [0.2, 0.25) is 5.90 Å². The van der Waals surface area contributed by atoms with Crippen LogP contribution in [0.2, 0.25) is 0 Å². The van der Waals surface area contributed by atoms with Gasteiger partial charge in [0.25, 0.3) is 5.69 Å². The molecule has 172 valence electrons. The molecule has 34 heavy (non-hydrogen) atoms. The zero-order valence-electron chi connectivity index (χ0n) is 17.6. The molecule has 7 nitrogen and oxygen atoms in total. The highest BCUT2D eigenvalue weighted by atomic mass is 79.9. The second kappa shape index (κ2) is 9.86. The van der Waals surface area contributed by atoms with Gasteiger partial charge in [-0.1, -0.05) is 18.2 Å². The van der Waals surface area contributed by atoms with Gasteiger partial charge in [-0.05, 0) is 86.3 Å². The number of nitrogens with zero attached hydrogens (tertiary/aromatic N) is 2. The van der Waals surface area contributed by atoms with Crippen LogP contribution >= 0.6 is 31.9 Å². The molecule has 10 heteroatoms. The second-order valence-electron chi connectivity index (χ2n) is 7.33. The van der Waals surface area contributed by atoms with Gasteiger partial charge in [0, 0.05) is 17.2 Å². The molecule has 1 aliphatic rings. The van der Waals surface area contributed by atoms with Gasteiger partial charge in [0.1, 0.15) is 18.2 Å². The number of ether oxygens (including phenoxy) is 2. The Balaban J connectivity index is 1.57. The number of aryl methyl sites for hydroxylation is 1. The minimum atomic E-state index is -0.670. The number of nitro groups is 1. The van der Waals surface area contributed by atoms with E-state index >= 15 is 0 Å². The molecule has 0 fully saturated rings. The first-order chi connectivity index (χ1) is 16.2. The summed E-state index contributed by atoms with van der Waals surface area (Å²) in [5.41, 5.74) is 2.09. The van der Waals surface area contributed by atoms with Gasteiger partial charge in [-0.25, -0.2) is 14.2 Å². The van der Waals surface area contributed by atoms with E-state index in [1.54, 1.807) is 43.3 Å². The quantitative estimate of drug-likeness (QED) is 0.142. The van der Waals surface area contributed by atoms with Crippen molar-refractivity contribution in [2.45, 2.75) is 13.5 Å². The number of aliphatic imine (C=N–C) groups is 1. The highest BCUT2D eigenvalue weighted by Gasteiger charge is 2.26. The van der Waals surface area contributed by atoms with Crippen LogP contribution in [0.15, 0.2) is 74.2 Å². The largest absolute Gasteiger partial charge is 0.487 e. The summed E-state index contributed by atoms with van der Waals surface area (Å²) < 4.78 is 25.6. The Morgan fingerprint density at radius 3 is 2.56 bits per heavy atom. The van der Waals surface area contributed by atoms with Crippen molar-refractivity contribution in [1.82, 2.24) is 0 Å². The fourth-order valence-electron chi connectivity index (χ4n) is 3.21. The molecule has 4 rings (SSSR count). The SMILES string of the molecule is Cc1ccc(C2=N/C(=C\c3cc(Br)c(OCc4cccc(F)c4)c(Br)c3)C(=O)O2)cc1[N+](=O)[O-]. The third-order valence-electron chi connectivity index (χ3n) is 4.87. The van der Waals surface area contributed by atoms with Crippen molar-refractivity contribution >= 4 is 55.5 Å². The van der Waals surface area contributed by atoms with Crippen molar-refractivity contribution in [2.75, 3.05) is 0 Å². The molecular weight excluding hydrogens is 575 g/mol. The topological polar surface area (TPSA) is 91.0 Å². The minimum Gasteiger partial charge on any atom is -0.487 e. The molecule has 0 saturated heterocycles. The molecule has 3 aromatic rings. The number of rotatable bonds is 6. The number of halogens is 3. The molecule has 0 aromatic heterocycles. The summed E-state index contributed by atoms with van der Waals surface area (Å²) in [5.74, 6) is -0.509. The van der Waals surface area contributed by atoms with E-state index in [-0.39, 0.29) is 29.7 Å². The van der Waals surface area contributed by atoms with E-state index < -0.39 is 10.9 Å². The van der Waals surface area contributed by atoms with Crippen molar-refractivity contribution in [1.29, 1.82) is 0 Å². The van der Waals surface area contributed by atoms with Crippen LogP contribution < -0.4 is 4.74 Å². The average Bonchev–Trinajstić information content (AvgIpc) is 3.13. The molecule has 0 spiro atoms. The van der Waals surface area contributed by atoms with Crippen LogP contribution in [0.25, 0.3) is 6.08 Å². The van der Waals surface area contributed by atoms with Crippen LogP contribution in [0.5, 0.6) is 5.75 Å². The Hall–Kier alpha value is -3.37. The Labute approximate surface area is 210 Å². The van der Waals surface area contributed by atoms with E-state index in [0.29, 0.717) is 36.9 Å². The molecule has 1 aliphatic heterocycles. The third kappa shape index (κ3) is 5.23. The van der Waals surface area contributed by atoms with Crippen molar-refractivity contribution in [2.24, 2.45) is 4.99 Å². The van der Waals surface area contributed by atoms with E-state index in [1.165, 1.54) is 24.3 Å². The molecule has 0 unspecified atom stereocenters. The summed E-state index contributed by atoms with van der Waals surface area (Å²) in [5, 5.41) is 11.2. The molecule has 0 aliphatic carbocycles. The van der Waals surface area contributed by atoms with Crippen LogP contribution in [0.4, 0.5) is 10.1 Å². The van der Waals surface area contributed by atoms with E-state index in [2.05, 4.69) is 36.9 Å². The number of carbonyl (C=O) groups is 1. The Morgan fingerprint density at radius 2 is 1.88 bits per heavy atom. The second-order valence-corrected chi connectivity index (χ2v) is 9.04. The fraction of sp³-hybridized carbons (Fsp3) is 0.0833. The molecule has 0 radical (unpaired) electrons. The maximum absolute atomic E-state index is 13.4. The van der Waals surface area contributed by atoms with E-state index in [4.69, 9.17) is 9.47 Å². The lowest BCUT2D eigenvalue weighted by Gasteiger charge is -2.11. The Morgan fingerprint density at radius 1 is 1.15 bits per heavy atom. The minimum absolute atomic E-state index is 0.00692. The smallest absolute Gasteiger partial charge is 0.363 e. The maximum atomic E-state index is 13.4. The first kappa shape index (κ1) is 23.8. The van der Waals surface area contributed by atoms with E-state index in [9.17, 15) is 19.3 Å². The Bertz CT molecular complexity index is 1360. The molecule has 0 amide bonds. The summed E-state index contributed by atoms with van der Waals surface area (Å²) in [4.78, 5) is 27.3. The highest BCUT2D eigenvalue weighted by Crippen LogP contribution is 2.36. The first-order valence-corrected chi connectivity index (χ1v) is 11.4. The summed E-state index contributed by atoms with van der Waals surface area (Å²) in [6, 6.07) is 14.1.